The molecule has 4 heteroatoms. The van der Waals surface area contributed by atoms with Crippen molar-refractivity contribution in [2.45, 2.75) is 13.0 Å². The van der Waals surface area contributed by atoms with Crippen LogP contribution in [0.5, 0.6) is 0 Å². The van der Waals surface area contributed by atoms with E-state index in [2.05, 4.69) is 0 Å². The molecule has 0 saturated heterocycles. The molecule has 0 saturated carbocycles. The summed E-state index contributed by atoms with van der Waals surface area (Å²) in [5.41, 5.74) is 11.9. The van der Waals surface area contributed by atoms with E-state index in [0.717, 1.165) is 5.56 Å². The van der Waals surface area contributed by atoms with E-state index in [1.54, 1.807) is 0 Å². The second-order valence-electron chi connectivity index (χ2n) is 3.81. The van der Waals surface area contributed by atoms with Gasteiger partial charge in [-0.15, -0.1) is 0 Å². The molecule has 0 radical (unpaired) electrons. The summed E-state index contributed by atoms with van der Waals surface area (Å²) in [6.45, 7) is 3.48. The number of amides is 1. The van der Waals surface area contributed by atoms with Gasteiger partial charge in [0.1, 0.15) is 0 Å². The molecule has 1 aromatic rings. The van der Waals surface area contributed by atoms with Crippen LogP contribution < -0.4 is 11.5 Å². The number of hydrogen-bond donors (Lipinski definition) is 2. The molecule has 0 aliphatic rings. The Bertz CT molecular complexity index is 326. The standard InChI is InChI=1S/C12H19N3O/c1-10(11-5-3-2-4-6-11)15(8-7-13)9-12(14)16/h2-6,10H,7-9,13H2,1H3,(H2,14,16)/t10-/m1/s1. The van der Waals surface area contributed by atoms with E-state index < -0.39 is 0 Å². The molecule has 1 rings (SSSR count). The van der Waals surface area contributed by atoms with Crippen LogP contribution in [0.25, 0.3) is 0 Å². The molecule has 0 spiro atoms. The van der Waals surface area contributed by atoms with E-state index in [4.69, 9.17) is 11.5 Å². The zero-order valence-electron chi connectivity index (χ0n) is 9.60. The molecule has 88 valence electrons. The van der Waals surface area contributed by atoms with Crippen LogP contribution in [0.15, 0.2) is 30.3 Å². The van der Waals surface area contributed by atoms with Gasteiger partial charge in [0.15, 0.2) is 0 Å². The van der Waals surface area contributed by atoms with Crippen LogP contribution in [0.1, 0.15) is 18.5 Å². The van der Waals surface area contributed by atoms with Crippen molar-refractivity contribution in [3.63, 3.8) is 0 Å². The van der Waals surface area contributed by atoms with Crippen molar-refractivity contribution in [2.24, 2.45) is 11.5 Å². The van der Waals surface area contributed by atoms with Gasteiger partial charge in [-0.25, -0.2) is 0 Å². The van der Waals surface area contributed by atoms with Crippen LogP contribution in [0.3, 0.4) is 0 Å². The number of benzene rings is 1. The molecule has 4 nitrogen and oxygen atoms in total. The average molecular weight is 221 g/mol. The normalized spacial score (nSPS) is 12.7. The fourth-order valence-corrected chi connectivity index (χ4v) is 1.72. The number of hydrogen-bond acceptors (Lipinski definition) is 3. The fourth-order valence-electron chi connectivity index (χ4n) is 1.72. The van der Waals surface area contributed by atoms with E-state index in [0.29, 0.717) is 13.1 Å². The minimum Gasteiger partial charge on any atom is -0.369 e. The molecule has 0 heterocycles. The third-order valence-electron chi connectivity index (χ3n) is 2.60. The lowest BCUT2D eigenvalue weighted by Crippen LogP contribution is -2.38. The van der Waals surface area contributed by atoms with Crippen molar-refractivity contribution in [3.05, 3.63) is 35.9 Å². The molecular weight excluding hydrogens is 202 g/mol. The Morgan fingerprint density at radius 2 is 2.00 bits per heavy atom. The Morgan fingerprint density at radius 1 is 1.38 bits per heavy atom. The number of primary amides is 1. The van der Waals surface area contributed by atoms with Crippen LogP contribution in [0.4, 0.5) is 0 Å². The van der Waals surface area contributed by atoms with Gasteiger partial charge in [0, 0.05) is 19.1 Å². The summed E-state index contributed by atoms with van der Waals surface area (Å²) in [7, 11) is 0. The summed E-state index contributed by atoms with van der Waals surface area (Å²) < 4.78 is 0. The lowest BCUT2D eigenvalue weighted by molar-refractivity contribution is -0.119. The second-order valence-corrected chi connectivity index (χ2v) is 3.81. The van der Waals surface area contributed by atoms with Crippen LogP contribution in [0, 0.1) is 0 Å². The first kappa shape index (κ1) is 12.7. The van der Waals surface area contributed by atoms with Crippen molar-refractivity contribution in [1.29, 1.82) is 0 Å². The van der Waals surface area contributed by atoms with Gasteiger partial charge in [-0.2, -0.15) is 0 Å². The van der Waals surface area contributed by atoms with Crippen molar-refractivity contribution < 1.29 is 4.79 Å². The average Bonchev–Trinajstić information content (AvgIpc) is 2.28. The molecule has 1 aromatic carbocycles. The number of carbonyl (C=O) groups excluding carboxylic acids is 1. The summed E-state index contributed by atoms with van der Waals surface area (Å²) in [4.78, 5) is 12.9. The Morgan fingerprint density at radius 3 is 2.50 bits per heavy atom. The molecular formula is C12H19N3O. The lowest BCUT2D eigenvalue weighted by atomic mass is 10.1. The van der Waals surface area contributed by atoms with Gasteiger partial charge in [0.2, 0.25) is 5.91 Å². The number of rotatable bonds is 6. The maximum atomic E-state index is 11.0. The van der Waals surface area contributed by atoms with Gasteiger partial charge in [0.05, 0.1) is 6.54 Å². The molecule has 1 atom stereocenters. The van der Waals surface area contributed by atoms with Crippen molar-refractivity contribution in [1.82, 2.24) is 4.90 Å². The van der Waals surface area contributed by atoms with Crippen molar-refractivity contribution in [2.75, 3.05) is 19.6 Å². The zero-order valence-corrected chi connectivity index (χ0v) is 9.60. The monoisotopic (exact) mass is 221 g/mol. The molecule has 0 unspecified atom stereocenters. The molecule has 4 N–H and O–H groups in total. The minimum absolute atomic E-state index is 0.150. The van der Waals surface area contributed by atoms with Gasteiger partial charge >= 0.3 is 0 Å². The highest BCUT2D eigenvalue weighted by molar-refractivity contribution is 5.76. The number of nitrogens with zero attached hydrogens (tertiary/aromatic N) is 1. The maximum Gasteiger partial charge on any atom is 0.231 e. The van der Waals surface area contributed by atoms with Gasteiger partial charge < -0.3 is 11.5 Å². The SMILES string of the molecule is C[C@H](c1ccccc1)N(CCN)CC(N)=O. The van der Waals surface area contributed by atoms with Gasteiger partial charge in [0.25, 0.3) is 0 Å². The summed E-state index contributed by atoms with van der Waals surface area (Å²) in [5.74, 6) is -0.323. The fraction of sp³-hybridized carbons (Fsp3) is 0.417. The van der Waals surface area contributed by atoms with E-state index in [9.17, 15) is 4.79 Å². The first-order chi connectivity index (χ1) is 7.65. The highest BCUT2D eigenvalue weighted by Crippen LogP contribution is 2.18. The highest BCUT2D eigenvalue weighted by atomic mass is 16.1. The Balaban J connectivity index is 2.74. The quantitative estimate of drug-likeness (QED) is 0.734. The van der Waals surface area contributed by atoms with E-state index in [1.165, 1.54) is 0 Å². The van der Waals surface area contributed by atoms with Crippen molar-refractivity contribution >= 4 is 5.91 Å². The van der Waals surface area contributed by atoms with Gasteiger partial charge in [-0.1, -0.05) is 30.3 Å². The van der Waals surface area contributed by atoms with Gasteiger partial charge in [-0.05, 0) is 12.5 Å². The van der Waals surface area contributed by atoms with Crippen molar-refractivity contribution in [3.8, 4) is 0 Å². The topological polar surface area (TPSA) is 72.3 Å². The molecule has 0 aliphatic carbocycles. The molecule has 0 aromatic heterocycles. The highest BCUT2D eigenvalue weighted by Gasteiger charge is 2.16. The maximum absolute atomic E-state index is 11.0. The van der Waals surface area contributed by atoms with Crippen LogP contribution in [-0.2, 0) is 4.79 Å². The summed E-state index contributed by atoms with van der Waals surface area (Å²) in [6.07, 6.45) is 0. The Kier molecular flexibility index (Phi) is 4.95. The molecule has 1 amide bonds. The third kappa shape index (κ3) is 3.64. The van der Waals surface area contributed by atoms with E-state index in [-0.39, 0.29) is 18.5 Å². The minimum atomic E-state index is -0.323. The van der Waals surface area contributed by atoms with E-state index in [1.807, 2.05) is 42.2 Å². The number of nitrogens with two attached hydrogens (primary N) is 2. The Labute approximate surface area is 96.2 Å². The molecule has 0 aliphatic heterocycles. The predicted molar refractivity (Wildman–Crippen MR) is 64.7 cm³/mol. The largest absolute Gasteiger partial charge is 0.369 e. The summed E-state index contributed by atoms with van der Waals surface area (Å²) in [5, 5.41) is 0. The molecule has 0 bridgehead atoms. The molecule has 0 fully saturated rings. The third-order valence-corrected chi connectivity index (χ3v) is 2.60. The van der Waals surface area contributed by atoms with Crippen LogP contribution >= 0.6 is 0 Å². The lowest BCUT2D eigenvalue weighted by Gasteiger charge is -2.27. The second kappa shape index (κ2) is 6.25. The van der Waals surface area contributed by atoms with Gasteiger partial charge in [-0.3, -0.25) is 9.69 Å². The first-order valence-electron chi connectivity index (χ1n) is 5.42. The summed E-state index contributed by atoms with van der Waals surface area (Å²) >= 11 is 0. The summed E-state index contributed by atoms with van der Waals surface area (Å²) in [6, 6.07) is 10.2. The van der Waals surface area contributed by atoms with Crippen LogP contribution in [-0.4, -0.2) is 30.4 Å². The molecule has 16 heavy (non-hydrogen) atoms. The predicted octanol–water partition coefficient (Wildman–Crippen LogP) is 0.494. The first-order valence-corrected chi connectivity index (χ1v) is 5.42. The number of carbonyl (C=O) groups is 1. The smallest absolute Gasteiger partial charge is 0.231 e. The van der Waals surface area contributed by atoms with Crippen LogP contribution in [0.2, 0.25) is 0 Å². The Hall–Kier alpha value is -1.39. The zero-order chi connectivity index (χ0) is 12.0. The van der Waals surface area contributed by atoms with E-state index >= 15 is 0 Å².